The number of quaternary nitrogens is 1. The normalized spacial score (nSPS) is 15.8. The van der Waals surface area contributed by atoms with Gasteiger partial charge in [-0.1, -0.05) is 12.1 Å². The summed E-state index contributed by atoms with van der Waals surface area (Å²) in [5, 5.41) is 6.96. The van der Waals surface area contributed by atoms with Crippen molar-refractivity contribution in [1.82, 2.24) is 15.6 Å². The van der Waals surface area contributed by atoms with Gasteiger partial charge in [0, 0.05) is 46.1 Å². The maximum Gasteiger partial charge on any atom is 0.275 e. The lowest BCUT2D eigenvalue weighted by molar-refractivity contribution is -0.918. The summed E-state index contributed by atoms with van der Waals surface area (Å²) in [7, 11) is 3.22. The van der Waals surface area contributed by atoms with Crippen molar-refractivity contribution >= 4 is 33.4 Å². The molecule has 0 aliphatic carbocycles. The first-order valence-corrected chi connectivity index (χ1v) is 11.6. The highest BCUT2D eigenvalue weighted by Gasteiger charge is 2.39. The maximum atomic E-state index is 12.6. The van der Waals surface area contributed by atoms with Gasteiger partial charge in [0.2, 0.25) is 0 Å². The van der Waals surface area contributed by atoms with Crippen molar-refractivity contribution in [2.75, 3.05) is 66.7 Å². The van der Waals surface area contributed by atoms with Gasteiger partial charge in [0.05, 0.1) is 41.5 Å². The second kappa shape index (κ2) is 13.1. The highest BCUT2D eigenvalue weighted by atomic mass is 35.5. The fraction of sp³-hybridized carbons (Fsp3) is 0.591. The highest BCUT2D eigenvalue weighted by Crippen LogP contribution is 2.35. The van der Waals surface area contributed by atoms with Gasteiger partial charge in [0.15, 0.2) is 13.1 Å². The number of piperidine rings is 1. The van der Waals surface area contributed by atoms with Crippen LogP contribution in [0.25, 0.3) is 10.2 Å². The van der Waals surface area contributed by atoms with Crippen LogP contribution in [0.15, 0.2) is 24.3 Å². The summed E-state index contributed by atoms with van der Waals surface area (Å²) in [6, 6.07) is 8.21. The van der Waals surface area contributed by atoms with Crippen molar-refractivity contribution < 1.29 is 36.0 Å². The van der Waals surface area contributed by atoms with Crippen LogP contribution in [0.4, 0.5) is 0 Å². The fourth-order valence-electron chi connectivity index (χ4n) is 4.11. The van der Waals surface area contributed by atoms with Crippen molar-refractivity contribution in [3.05, 3.63) is 29.3 Å². The van der Waals surface area contributed by atoms with Crippen LogP contribution in [-0.4, -0.2) is 88.0 Å². The van der Waals surface area contributed by atoms with Gasteiger partial charge in [-0.3, -0.25) is 9.59 Å². The van der Waals surface area contributed by atoms with Crippen LogP contribution in [-0.2, 0) is 19.1 Å². The number of amides is 2. The number of hydrogen-bond donors (Lipinski definition) is 2. The zero-order chi connectivity index (χ0) is 22.1. The molecule has 8 nitrogen and oxygen atoms in total. The third-order valence-electron chi connectivity index (χ3n) is 5.78. The molecular formula is C22H33ClN4O4S. The molecule has 1 aromatic carbocycles. The summed E-state index contributed by atoms with van der Waals surface area (Å²) < 4.78 is 11.7. The largest absolute Gasteiger partial charge is 1.00 e. The number of thiazole rings is 1. The van der Waals surface area contributed by atoms with Gasteiger partial charge in [-0.25, -0.2) is 4.98 Å². The highest BCUT2D eigenvalue weighted by molar-refractivity contribution is 7.18. The molecule has 0 bridgehead atoms. The Labute approximate surface area is 199 Å². The van der Waals surface area contributed by atoms with Crippen LogP contribution < -0.4 is 23.0 Å². The molecule has 1 aliphatic rings. The van der Waals surface area contributed by atoms with E-state index < -0.39 is 0 Å². The van der Waals surface area contributed by atoms with Crippen molar-refractivity contribution in [2.45, 2.75) is 18.8 Å². The molecule has 0 saturated carbocycles. The van der Waals surface area contributed by atoms with Gasteiger partial charge in [0.25, 0.3) is 11.8 Å². The van der Waals surface area contributed by atoms with E-state index in [1.54, 1.807) is 25.6 Å². The number of para-hydroxylation sites is 1. The minimum absolute atomic E-state index is 0. The van der Waals surface area contributed by atoms with Gasteiger partial charge in [-0.05, 0) is 12.1 Å². The minimum atomic E-state index is -0.0415. The molecule has 2 aromatic rings. The number of benzene rings is 1. The number of nitrogens with zero attached hydrogens (tertiary/aromatic N) is 2. The Morgan fingerprint density at radius 2 is 1.59 bits per heavy atom. The first-order valence-electron chi connectivity index (χ1n) is 10.8. The SMILES string of the molecule is COCCNC(=O)C[N+]1(CC(=O)NCCOC)CCC(c2nc3ccccc3s2)CC1.[Cl-]. The van der Waals surface area contributed by atoms with Crippen molar-refractivity contribution in [3.8, 4) is 0 Å². The number of hydrogen-bond acceptors (Lipinski definition) is 6. The van der Waals surface area contributed by atoms with Crippen molar-refractivity contribution in [1.29, 1.82) is 0 Å². The molecule has 2 amide bonds. The molecule has 0 atom stereocenters. The summed E-state index contributed by atoms with van der Waals surface area (Å²) in [6.45, 7) is 4.05. The number of fused-ring (bicyclic) bond motifs is 1. The molecule has 0 radical (unpaired) electrons. The Morgan fingerprint density at radius 3 is 2.12 bits per heavy atom. The Bertz CT molecular complexity index is 811. The van der Waals surface area contributed by atoms with Crippen LogP contribution in [0, 0.1) is 0 Å². The zero-order valence-electron chi connectivity index (χ0n) is 18.8. The van der Waals surface area contributed by atoms with E-state index in [4.69, 9.17) is 14.5 Å². The van der Waals surface area contributed by atoms with Crippen molar-refractivity contribution in [2.24, 2.45) is 0 Å². The van der Waals surface area contributed by atoms with Crippen LogP contribution in [0.3, 0.4) is 0 Å². The molecule has 178 valence electrons. The van der Waals surface area contributed by atoms with E-state index >= 15 is 0 Å². The number of carbonyl (C=O) groups excluding carboxylic acids is 2. The number of nitrogens with one attached hydrogen (secondary N) is 2. The molecule has 0 spiro atoms. The van der Waals surface area contributed by atoms with E-state index in [9.17, 15) is 9.59 Å². The monoisotopic (exact) mass is 484 g/mol. The van der Waals surface area contributed by atoms with E-state index in [2.05, 4.69) is 16.7 Å². The molecule has 2 N–H and O–H groups in total. The molecule has 1 aromatic heterocycles. The van der Waals surface area contributed by atoms with Gasteiger partial charge in [-0.15, -0.1) is 11.3 Å². The number of carbonyl (C=O) groups is 2. The molecule has 3 rings (SSSR count). The Balaban J connectivity index is 0.00000363. The lowest BCUT2D eigenvalue weighted by Gasteiger charge is -2.42. The second-order valence-electron chi connectivity index (χ2n) is 8.08. The molecule has 32 heavy (non-hydrogen) atoms. The van der Waals surface area contributed by atoms with E-state index in [0.717, 1.165) is 36.5 Å². The topological polar surface area (TPSA) is 89.5 Å². The Hall–Kier alpha value is -1.78. The van der Waals surface area contributed by atoms with Gasteiger partial charge in [0.1, 0.15) is 0 Å². The van der Waals surface area contributed by atoms with Crippen LogP contribution in [0.1, 0.15) is 23.8 Å². The van der Waals surface area contributed by atoms with E-state index in [0.29, 0.717) is 49.8 Å². The second-order valence-corrected chi connectivity index (χ2v) is 9.15. The molecule has 0 unspecified atom stereocenters. The summed E-state index contributed by atoms with van der Waals surface area (Å²) in [4.78, 5) is 29.9. The number of methoxy groups -OCH3 is 2. The van der Waals surface area contributed by atoms with E-state index in [-0.39, 0.29) is 24.2 Å². The average Bonchev–Trinajstić information content (AvgIpc) is 3.19. The van der Waals surface area contributed by atoms with Crippen LogP contribution in [0.2, 0.25) is 0 Å². The lowest BCUT2D eigenvalue weighted by Crippen LogP contribution is -3.00. The lowest BCUT2D eigenvalue weighted by atomic mass is 9.95. The van der Waals surface area contributed by atoms with E-state index in [1.807, 2.05) is 18.2 Å². The third-order valence-corrected chi connectivity index (χ3v) is 6.98. The summed E-state index contributed by atoms with van der Waals surface area (Å²) >= 11 is 1.75. The summed E-state index contributed by atoms with van der Waals surface area (Å²) in [5.41, 5.74) is 1.05. The number of aromatic nitrogens is 1. The predicted octanol–water partition coefficient (Wildman–Crippen LogP) is -1.48. The third kappa shape index (κ3) is 7.38. The standard InChI is InChI=1S/C22H32N4O4S.ClH/c1-29-13-9-23-20(27)15-26(16-21(28)24-10-14-30-2)11-7-17(8-12-26)22-25-18-5-3-4-6-19(18)31-22;/h3-6,17H,7-16H2,1-2H3,(H-,23,24,27,28);1H. The number of ether oxygens (including phenoxy) is 2. The van der Waals surface area contributed by atoms with E-state index in [1.165, 1.54) is 4.70 Å². The number of likely N-dealkylation sites (tertiary alicyclic amines) is 1. The number of halogens is 1. The first kappa shape index (κ1) is 26.5. The maximum absolute atomic E-state index is 12.6. The fourth-order valence-corrected chi connectivity index (χ4v) is 5.24. The Morgan fingerprint density at radius 1 is 1.03 bits per heavy atom. The smallest absolute Gasteiger partial charge is 0.275 e. The molecule has 1 aliphatic heterocycles. The van der Waals surface area contributed by atoms with Crippen molar-refractivity contribution in [3.63, 3.8) is 0 Å². The average molecular weight is 485 g/mol. The summed E-state index contributed by atoms with van der Waals surface area (Å²) in [6.07, 6.45) is 1.83. The summed E-state index contributed by atoms with van der Waals surface area (Å²) in [5.74, 6) is 0.289. The first-order chi connectivity index (χ1) is 15.0. The molecule has 1 fully saturated rings. The van der Waals surface area contributed by atoms with Gasteiger partial charge in [-0.2, -0.15) is 0 Å². The molecular weight excluding hydrogens is 452 g/mol. The van der Waals surface area contributed by atoms with Gasteiger partial charge >= 0.3 is 0 Å². The molecule has 10 heteroatoms. The van der Waals surface area contributed by atoms with Crippen LogP contribution in [0.5, 0.6) is 0 Å². The van der Waals surface area contributed by atoms with Gasteiger partial charge < -0.3 is 37.0 Å². The number of rotatable bonds is 11. The molecule has 1 saturated heterocycles. The minimum Gasteiger partial charge on any atom is -1.00 e. The quantitative estimate of drug-likeness (QED) is 0.300. The predicted molar refractivity (Wildman–Crippen MR) is 121 cm³/mol. The zero-order valence-corrected chi connectivity index (χ0v) is 20.3. The Kier molecular flexibility index (Phi) is 10.8. The molecule has 2 heterocycles. The van der Waals surface area contributed by atoms with Crippen LogP contribution >= 0.6 is 11.3 Å².